The van der Waals surface area contributed by atoms with Crippen molar-refractivity contribution in [2.75, 3.05) is 20.8 Å². The lowest BCUT2D eigenvalue weighted by molar-refractivity contribution is 0.242. The van der Waals surface area contributed by atoms with Crippen LogP contribution in [0.5, 0.6) is 17.2 Å². The van der Waals surface area contributed by atoms with Gasteiger partial charge in [-0.2, -0.15) is 0 Å². The first-order valence-corrected chi connectivity index (χ1v) is 10.3. The summed E-state index contributed by atoms with van der Waals surface area (Å²) in [6, 6.07) is 11.1. The fourth-order valence-electron chi connectivity index (χ4n) is 4.41. The SMILES string of the molecule is CCc1cc2c(CN3CCCC3c3cc(OC)ccc3OC)cc(=O)oc2cc1O. The van der Waals surface area contributed by atoms with Crippen molar-refractivity contribution in [2.24, 2.45) is 0 Å². The number of phenolic OH excluding ortho intramolecular Hbond substituents is 1. The summed E-state index contributed by atoms with van der Waals surface area (Å²) < 4.78 is 16.4. The third-order valence-electron chi connectivity index (χ3n) is 5.94. The molecule has 6 heteroatoms. The first-order chi connectivity index (χ1) is 14.5. The highest BCUT2D eigenvalue weighted by atomic mass is 16.5. The minimum atomic E-state index is -0.407. The van der Waals surface area contributed by atoms with E-state index < -0.39 is 5.63 Å². The molecule has 0 radical (unpaired) electrons. The number of aryl methyl sites for hydroxylation is 1. The quantitative estimate of drug-likeness (QED) is 0.608. The second-order valence-electron chi connectivity index (χ2n) is 7.66. The lowest BCUT2D eigenvalue weighted by Crippen LogP contribution is -2.24. The highest BCUT2D eigenvalue weighted by Crippen LogP contribution is 2.40. The fraction of sp³-hybridized carbons (Fsp3) is 0.375. The summed E-state index contributed by atoms with van der Waals surface area (Å²) in [6.07, 6.45) is 2.77. The third-order valence-corrected chi connectivity index (χ3v) is 5.94. The van der Waals surface area contributed by atoms with E-state index in [2.05, 4.69) is 4.90 Å². The molecule has 0 amide bonds. The van der Waals surface area contributed by atoms with Gasteiger partial charge in [-0.25, -0.2) is 4.79 Å². The number of phenols is 1. The van der Waals surface area contributed by atoms with Crippen LogP contribution in [0.15, 0.2) is 45.6 Å². The number of likely N-dealkylation sites (tertiary alicyclic amines) is 1. The van der Waals surface area contributed by atoms with Gasteiger partial charge in [-0.05, 0) is 61.2 Å². The summed E-state index contributed by atoms with van der Waals surface area (Å²) >= 11 is 0. The third kappa shape index (κ3) is 3.75. The van der Waals surface area contributed by atoms with Crippen molar-refractivity contribution in [2.45, 2.75) is 38.8 Å². The second-order valence-corrected chi connectivity index (χ2v) is 7.66. The number of fused-ring (bicyclic) bond motifs is 1. The van der Waals surface area contributed by atoms with Gasteiger partial charge in [0.2, 0.25) is 0 Å². The van der Waals surface area contributed by atoms with E-state index in [9.17, 15) is 9.90 Å². The predicted molar refractivity (Wildman–Crippen MR) is 115 cm³/mol. The maximum atomic E-state index is 12.2. The standard InChI is InChI=1S/C24H27NO5/c1-4-15-10-18-16(11-24(27)30-23(18)13-21(15)26)14-25-9-5-6-20(25)19-12-17(28-2)7-8-22(19)29-3/h7-8,10-13,20,26H,4-6,9,14H2,1-3H3. The number of nitrogens with zero attached hydrogens (tertiary/aromatic N) is 1. The Kier molecular flexibility index (Phi) is 5.68. The van der Waals surface area contributed by atoms with Gasteiger partial charge >= 0.3 is 5.63 Å². The Morgan fingerprint density at radius 3 is 2.70 bits per heavy atom. The maximum absolute atomic E-state index is 12.2. The zero-order valence-corrected chi connectivity index (χ0v) is 17.6. The second kappa shape index (κ2) is 8.40. The topological polar surface area (TPSA) is 72.1 Å². The summed E-state index contributed by atoms with van der Waals surface area (Å²) in [5, 5.41) is 11.0. The van der Waals surface area contributed by atoms with E-state index in [-0.39, 0.29) is 11.8 Å². The highest BCUT2D eigenvalue weighted by Gasteiger charge is 2.29. The Balaban J connectivity index is 1.74. The maximum Gasteiger partial charge on any atom is 0.336 e. The van der Waals surface area contributed by atoms with E-state index in [4.69, 9.17) is 13.9 Å². The predicted octanol–water partition coefficient (Wildman–Crippen LogP) is 4.42. The van der Waals surface area contributed by atoms with Crippen molar-refractivity contribution < 1.29 is 19.0 Å². The van der Waals surface area contributed by atoms with Gasteiger partial charge in [-0.3, -0.25) is 4.90 Å². The molecule has 1 N–H and O–H groups in total. The Bertz CT molecular complexity index is 1120. The van der Waals surface area contributed by atoms with Crippen molar-refractivity contribution in [3.05, 3.63) is 63.5 Å². The van der Waals surface area contributed by atoms with Gasteiger partial charge in [0.05, 0.1) is 14.2 Å². The lowest BCUT2D eigenvalue weighted by Gasteiger charge is -2.27. The van der Waals surface area contributed by atoms with E-state index >= 15 is 0 Å². The highest BCUT2D eigenvalue weighted by molar-refractivity contribution is 5.82. The van der Waals surface area contributed by atoms with E-state index in [0.29, 0.717) is 18.5 Å². The molecule has 158 valence electrons. The molecule has 1 aliphatic heterocycles. The molecule has 1 unspecified atom stereocenters. The molecular weight excluding hydrogens is 382 g/mol. The number of rotatable bonds is 6. The van der Waals surface area contributed by atoms with Crippen LogP contribution in [0.2, 0.25) is 0 Å². The van der Waals surface area contributed by atoms with Crippen molar-refractivity contribution >= 4 is 11.0 Å². The number of benzene rings is 2. The minimum Gasteiger partial charge on any atom is -0.508 e. The summed E-state index contributed by atoms with van der Waals surface area (Å²) in [5.74, 6) is 1.79. The van der Waals surface area contributed by atoms with Crippen LogP contribution in [0.25, 0.3) is 11.0 Å². The van der Waals surface area contributed by atoms with Crippen LogP contribution >= 0.6 is 0 Å². The first-order valence-electron chi connectivity index (χ1n) is 10.3. The molecule has 3 aromatic rings. The molecule has 0 spiro atoms. The molecule has 1 aliphatic rings. The number of hydrogen-bond acceptors (Lipinski definition) is 6. The van der Waals surface area contributed by atoms with Crippen LogP contribution in [0, 0.1) is 0 Å². The van der Waals surface area contributed by atoms with Crippen LogP contribution in [-0.2, 0) is 13.0 Å². The van der Waals surface area contributed by atoms with Crippen molar-refractivity contribution in [1.82, 2.24) is 4.90 Å². The lowest BCUT2D eigenvalue weighted by atomic mass is 10.0. The molecule has 1 atom stereocenters. The molecule has 1 fully saturated rings. The van der Waals surface area contributed by atoms with Crippen LogP contribution in [0.1, 0.15) is 42.5 Å². The Morgan fingerprint density at radius 2 is 1.97 bits per heavy atom. The van der Waals surface area contributed by atoms with E-state index in [1.54, 1.807) is 26.4 Å². The summed E-state index contributed by atoms with van der Waals surface area (Å²) in [6.45, 7) is 3.53. The summed E-state index contributed by atoms with van der Waals surface area (Å²) in [7, 11) is 3.34. The van der Waals surface area contributed by atoms with E-state index in [1.807, 2.05) is 31.2 Å². The van der Waals surface area contributed by atoms with Gasteiger partial charge in [0.15, 0.2) is 0 Å². The van der Waals surface area contributed by atoms with Crippen molar-refractivity contribution in [3.63, 3.8) is 0 Å². The molecular formula is C24H27NO5. The molecule has 2 heterocycles. The number of aromatic hydroxyl groups is 1. The van der Waals surface area contributed by atoms with Crippen LogP contribution < -0.4 is 15.1 Å². The van der Waals surface area contributed by atoms with Crippen molar-refractivity contribution in [3.8, 4) is 17.2 Å². The smallest absolute Gasteiger partial charge is 0.336 e. The van der Waals surface area contributed by atoms with Gasteiger partial charge in [-0.15, -0.1) is 0 Å². The minimum absolute atomic E-state index is 0.158. The Labute approximate surface area is 175 Å². The number of ether oxygens (including phenoxy) is 2. The first kappa shape index (κ1) is 20.3. The van der Waals surface area contributed by atoms with Gasteiger partial charge in [-0.1, -0.05) is 6.92 Å². The summed E-state index contributed by atoms with van der Waals surface area (Å²) in [5.41, 5.74) is 2.85. The Hall–Kier alpha value is -2.99. The number of methoxy groups -OCH3 is 2. The molecule has 6 nitrogen and oxygen atoms in total. The fourth-order valence-corrected chi connectivity index (χ4v) is 4.41. The van der Waals surface area contributed by atoms with Gasteiger partial charge < -0.3 is 19.0 Å². The molecule has 1 saturated heterocycles. The zero-order chi connectivity index (χ0) is 21.3. The molecule has 4 rings (SSSR count). The zero-order valence-electron chi connectivity index (χ0n) is 17.6. The Morgan fingerprint density at radius 1 is 1.13 bits per heavy atom. The average Bonchev–Trinajstić information content (AvgIpc) is 3.20. The summed E-state index contributed by atoms with van der Waals surface area (Å²) in [4.78, 5) is 14.5. The van der Waals surface area contributed by atoms with Crippen LogP contribution in [0.4, 0.5) is 0 Å². The molecule has 0 saturated carbocycles. The number of hydrogen-bond donors (Lipinski definition) is 1. The van der Waals surface area contributed by atoms with Gasteiger partial charge in [0.1, 0.15) is 22.8 Å². The largest absolute Gasteiger partial charge is 0.508 e. The molecule has 1 aromatic heterocycles. The average molecular weight is 409 g/mol. The molecule has 0 aliphatic carbocycles. The normalized spacial score (nSPS) is 16.8. The van der Waals surface area contributed by atoms with E-state index in [1.165, 1.54) is 0 Å². The van der Waals surface area contributed by atoms with Crippen LogP contribution in [0.3, 0.4) is 0 Å². The van der Waals surface area contributed by atoms with Gasteiger partial charge in [0.25, 0.3) is 0 Å². The van der Waals surface area contributed by atoms with Gasteiger partial charge in [0, 0.05) is 35.7 Å². The molecule has 30 heavy (non-hydrogen) atoms. The van der Waals surface area contributed by atoms with Crippen LogP contribution in [-0.4, -0.2) is 30.8 Å². The molecule has 0 bridgehead atoms. The van der Waals surface area contributed by atoms with E-state index in [0.717, 1.165) is 53.0 Å². The monoisotopic (exact) mass is 409 g/mol. The molecule has 2 aromatic carbocycles. The van der Waals surface area contributed by atoms with Crippen molar-refractivity contribution in [1.29, 1.82) is 0 Å².